The molecule has 0 spiro atoms. The van der Waals surface area contributed by atoms with Crippen LogP contribution in [0.25, 0.3) is 0 Å². The maximum absolute atomic E-state index is 5.57. The summed E-state index contributed by atoms with van der Waals surface area (Å²) in [5, 5.41) is 0. The Hall–Kier alpha value is -1.09. The fourth-order valence-electron chi connectivity index (χ4n) is 1.86. The van der Waals surface area contributed by atoms with E-state index in [4.69, 9.17) is 5.73 Å². The van der Waals surface area contributed by atoms with Gasteiger partial charge in [-0.1, -0.05) is 0 Å². The topological polar surface area (TPSA) is 42.1 Å². The van der Waals surface area contributed by atoms with Crippen molar-refractivity contribution in [3.63, 3.8) is 0 Å². The third-order valence-electron chi connectivity index (χ3n) is 2.73. The molecule has 1 aromatic rings. The Balaban J connectivity index is 1.82. The Kier molecular flexibility index (Phi) is 2.99. The molecule has 3 nitrogen and oxygen atoms in total. The first-order valence-corrected chi connectivity index (χ1v) is 5.27. The molecule has 0 amide bonds. The highest BCUT2D eigenvalue weighted by Crippen LogP contribution is 2.08. The summed E-state index contributed by atoms with van der Waals surface area (Å²) >= 11 is 0. The molecule has 1 aliphatic heterocycles. The number of nitrogens with zero attached hydrogens (tertiary/aromatic N) is 2. The second-order valence-electron chi connectivity index (χ2n) is 3.88. The number of likely N-dealkylation sites (tertiary alicyclic amines) is 1. The highest BCUT2D eigenvalue weighted by molar-refractivity contribution is 5.34. The molecule has 14 heavy (non-hydrogen) atoms. The molecule has 1 aromatic heterocycles. The summed E-state index contributed by atoms with van der Waals surface area (Å²) in [4.78, 5) is 6.79. The van der Waals surface area contributed by atoms with Crippen molar-refractivity contribution >= 4 is 5.69 Å². The van der Waals surface area contributed by atoms with E-state index in [0.717, 1.165) is 24.3 Å². The summed E-state index contributed by atoms with van der Waals surface area (Å²) in [6.07, 6.45) is 5.49. The first-order valence-electron chi connectivity index (χ1n) is 5.27. The van der Waals surface area contributed by atoms with Crippen LogP contribution in [0.15, 0.2) is 18.3 Å². The zero-order valence-corrected chi connectivity index (χ0v) is 8.45. The summed E-state index contributed by atoms with van der Waals surface area (Å²) in [5.74, 6) is 0. The molecule has 2 heterocycles. The molecule has 0 bridgehead atoms. The van der Waals surface area contributed by atoms with Crippen LogP contribution in [-0.2, 0) is 6.42 Å². The summed E-state index contributed by atoms with van der Waals surface area (Å²) in [7, 11) is 0. The van der Waals surface area contributed by atoms with Crippen molar-refractivity contribution in [1.82, 2.24) is 9.88 Å². The van der Waals surface area contributed by atoms with Crippen LogP contribution in [0.2, 0.25) is 0 Å². The van der Waals surface area contributed by atoms with Crippen LogP contribution in [-0.4, -0.2) is 29.5 Å². The van der Waals surface area contributed by atoms with E-state index in [0.29, 0.717) is 0 Å². The Labute approximate surface area is 84.9 Å². The number of nitrogens with two attached hydrogens (primary N) is 1. The maximum Gasteiger partial charge on any atom is 0.0501 e. The van der Waals surface area contributed by atoms with Gasteiger partial charge in [0.2, 0.25) is 0 Å². The van der Waals surface area contributed by atoms with Crippen molar-refractivity contribution < 1.29 is 0 Å². The Morgan fingerprint density at radius 1 is 1.29 bits per heavy atom. The lowest BCUT2D eigenvalue weighted by Gasteiger charge is -2.13. The van der Waals surface area contributed by atoms with E-state index in [1.54, 1.807) is 6.20 Å². The molecule has 2 rings (SSSR count). The van der Waals surface area contributed by atoms with Crippen LogP contribution in [0.3, 0.4) is 0 Å². The van der Waals surface area contributed by atoms with Crippen LogP contribution in [0.4, 0.5) is 5.69 Å². The van der Waals surface area contributed by atoms with E-state index in [1.165, 1.54) is 25.9 Å². The Morgan fingerprint density at radius 3 is 2.71 bits per heavy atom. The van der Waals surface area contributed by atoms with Gasteiger partial charge in [-0.05, 0) is 38.1 Å². The van der Waals surface area contributed by atoms with Gasteiger partial charge < -0.3 is 10.6 Å². The van der Waals surface area contributed by atoms with Crippen molar-refractivity contribution in [1.29, 1.82) is 0 Å². The van der Waals surface area contributed by atoms with Crippen LogP contribution < -0.4 is 5.73 Å². The van der Waals surface area contributed by atoms with Gasteiger partial charge in [0.1, 0.15) is 0 Å². The van der Waals surface area contributed by atoms with Crippen molar-refractivity contribution in [2.45, 2.75) is 19.3 Å². The lowest BCUT2D eigenvalue weighted by atomic mass is 10.2. The number of nitrogen functional groups attached to an aromatic ring is 1. The van der Waals surface area contributed by atoms with Gasteiger partial charge in [0.15, 0.2) is 0 Å². The predicted octanol–water partition coefficient (Wildman–Crippen LogP) is 1.30. The average Bonchev–Trinajstić information content (AvgIpc) is 2.70. The molecule has 0 atom stereocenters. The fraction of sp³-hybridized carbons (Fsp3) is 0.545. The average molecular weight is 191 g/mol. The van der Waals surface area contributed by atoms with Gasteiger partial charge >= 0.3 is 0 Å². The van der Waals surface area contributed by atoms with Gasteiger partial charge in [-0.2, -0.15) is 0 Å². The number of aromatic nitrogens is 1. The van der Waals surface area contributed by atoms with Crippen molar-refractivity contribution in [2.75, 3.05) is 25.4 Å². The SMILES string of the molecule is Nc1ccc(CCN2CCCC2)nc1. The summed E-state index contributed by atoms with van der Waals surface area (Å²) < 4.78 is 0. The molecule has 1 saturated heterocycles. The molecule has 0 aromatic carbocycles. The van der Waals surface area contributed by atoms with Crippen molar-refractivity contribution in [3.05, 3.63) is 24.0 Å². The third kappa shape index (κ3) is 2.45. The van der Waals surface area contributed by atoms with Gasteiger partial charge in [-0.25, -0.2) is 0 Å². The van der Waals surface area contributed by atoms with Crippen LogP contribution in [0.5, 0.6) is 0 Å². The predicted molar refractivity (Wildman–Crippen MR) is 58.0 cm³/mol. The van der Waals surface area contributed by atoms with Gasteiger partial charge in [-0.3, -0.25) is 4.98 Å². The molecule has 3 heteroatoms. The van der Waals surface area contributed by atoms with E-state index >= 15 is 0 Å². The molecule has 0 aliphatic carbocycles. The van der Waals surface area contributed by atoms with E-state index in [1.807, 2.05) is 12.1 Å². The number of rotatable bonds is 3. The van der Waals surface area contributed by atoms with Gasteiger partial charge in [0, 0.05) is 18.7 Å². The van der Waals surface area contributed by atoms with Crippen LogP contribution in [0.1, 0.15) is 18.5 Å². The van der Waals surface area contributed by atoms with E-state index in [9.17, 15) is 0 Å². The summed E-state index contributed by atoms with van der Waals surface area (Å²) in [5.41, 5.74) is 7.46. The lowest BCUT2D eigenvalue weighted by molar-refractivity contribution is 0.342. The van der Waals surface area contributed by atoms with Crippen LogP contribution >= 0.6 is 0 Å². The minimum Gasteiger partial charge on any atom is -0.397 e. The normalized spacial score (nSPS) is 17.4. The number of hydrogen-bond donors (Lipinski definition) is 1. The minimum absolute atomic E-state index is 0.745. The first kappa shape index (κ1) is 9.46. The van der Waals surface area contributed by atoms with Crippen molar-refractivity contribution in [2.24, 2.45) is 0 Å². The first-order chi connectivity index (χ1) is 6.84. The smallest absolute Gasteiger partial charge is 0.0501 e. The monoisotopic (exact) mass is 191 g/mol. The minimum atomic E-state index is 0.745. The number of hydrogen-bond acceptors (Lipinski definition) is 3. The second kappa shape index (κ2) is 4.42. The second-order valence-corrected chi connectivity index (χ2v) is 3.88. The quantitative estimate of drug-likeness (QED) is 0.783. The molecule has 76 valence electrons. The Morgan fingerprint density at radius 2 is 2.07 bits per heavy atom. The molecular weight excluding hydrogens is 174 g/mol. The van der Waals surface area contributed by atoms with E-state index in [-0.39, 0.29) is 0 Å². The van der Waals surface area contributed by atoms with Crippen molar-refractivity contribution in [3.8, 4) is 0 Å². The maximum atomic E-state index is 5.57. The molecular formula is C11H17N3. The molecule has 1 aliphatic rings. The van der Waals surface area contributed by atoms with E-state index in [2.05, 4.69) is 9.88 Å². The molecule has 0 saturated carbocycles. The highest BCUT2D eigenvalue weighted by atomic mass is 15.1. The Bertz CT molecular complexity index is 275. The van der Waals surface area contributed by atoms with E-state index < -0.39 is 0 Å². The van der Waals surface area contributed by atoms with Gasteiger partial charge in [0.05, 0.1) is 11.9 Å². The summed E-state index contributed by atoms with van der Waals surface area (Å²) in [6, 6.07) is 3.94. The molecule has 0 radical (unpaired) electrons. The van der Waals surface area contributed by atoms with Gasteiger partial charge in [0.25, 0.3) is 0 Å². The lowest BCUT2D eigenvalue weighted by Crippen LogP contribution is -2.22. The zero-order chi connectivity index (χ0) is 9.80. The van der Waals surface area contributed by atoms with Gasteiger partial charge in [-0.15, -0.1) is 0 Å². The van der Waals surface area contributed by atoms with Crippen LogP contribution in [0, 0.1) is 0 Å². The number of pyridine rings is 1. The number of anilines is 1. The largest absolute Gasteiger partial charge is 0.397 e. The highest BCUT2D eigenvalue weighted by Gasteiger charge is 2.10. The molecule has 1 fully saturated rings. The fourth-order valence-corrected chi connectivity index (χ4v) is 1.86. The zero-order valence-electron chi connectivity index (χ0n) is 8.45. The third-order valence-corrected chi connectivity index (χ3v) is 2.73. The molecule has 2 N–H and O–H groups in total. The standard InChI is InChI=1S/C11H17N3/c12-10-3-4-11(13-9-10)5-8-14-6-1-2-7-14/h3-4,9H,1-2,5-8,12H2. The summed E-state index contributed by atoms with van der Waals surface area (Å²) in [6.45, 7) is 3.65. The molecule has 0 unspecified atom stereocenters.